The van der Waals surface area contributed by atoms with Crippen LogP contribution in [0, 0.1) is 0 Å². The van der Waals surface area contributed by atoms with Crippen LogP contribution in [0.1, 0.15) is 30.9 Å². The molecule has 1 atom stereocenters. The topological polar surface area (TPSA) is 45.6 Å². The first-order chi connectivity index (χ1) is 8.78. The highest BCUT2D eigenvalue weighted by Crippen LogP contribution is 2.43. The minimum atomic E-state index is -0.0754. The lowest BCUT2D eigenvalue weighted by Gasteiger charge is -2.31. The molecule has 4 nitrogen and oxygen atoms in total. The van der Waals surface area contributed by atoms with Crippen LogP contribution < -0.4 is 4.90 Å². The molecule has 1 aromatic heterocycles. The summed E-state index contributed by atoms with van der Waals surface area (Å²) in [5.74, 6) is 0.652. The second-order valence-corrected chi connectivity index (χ2v) is 7.20. The highest BCUT2D eigenvalue weighted by atomic mass is 79.9. The van der Waals surface area contributed by atoms with E-state index >= 15 is 0 Å². The molecule has 2 heterocycles. The maximum absolute atomic E-state index is 9.17. The molecule has 1 saturated heterocycles. The number of anilines is 1. The van der Waals surface area contributed by atoms with Gasteiger partial charge in [-0.3, -0.25) is 0 Å². The Kier molecular flexibility index (Phi) is 3.89. The van der Waals surface area contributed by atoms with E-state index in [4.69, 9.17) is 9.72 Å². The van der Waals surface area contributed by atoms with Crippen LogP contribution in [0.15, 0.2) is 3.79 Å². The summed E-state index contributed by atoms with van der Waals surface area (Å²) in [6.45, 7) is 2.35. The van der Waals surface area contributed by atoms with E-state index in [2.05, 4.69) is 20.8 Å². The van der Waals surface area contributed by atoms with Crippen LogP contribution in [0.25, 0.3) is 0 Å². The number of nitrogens with zero attached hydrogens (tertiary/aromatic N) is 2. The molecule has 1 unspecified atom stereocenters. The van der Waals surface area contributed by atoms with Crippen LogP contribution >= 0.6 is 27.3 Å². The minimum Gasteiger partial charge on any atom is -0.394 e. The van der Waals surface area contributed by atoms with Gasteiger partial charge in [0.1, 0.15) is 0 Å². The lowest BCUT2D eigenvalue weighted by molar-refractivity contribution is 0.00355. The average Bonchev–Trinajstić information content (AvgIpc) is 2.70. The zero-order valence-electron chi connectivity index (χ0n) is 10.1. The quantitative estimate of drug-likeness (QED) is 0.923. The molecule has 0 bridgehead atoms. The normalized spacial score (nSPS) is 25.2. The van der Waals surface area contributed by atoms with E-state index in [9.17, 15) is 5.11 Å². The van der Waals surface area contributed by atoms with Gasteiger partial charge in [0.05, 0.1) is 28.8 Å². The molecule has 2 aliphatic rings. The van der Waals surface area contributed by atoms with Gasteiger partial charge < -0.3 is 14.7 Å². The Labute approximate surface area is 119 Å². The smallest absolute Gasteiger partial charge is 0.186 e. The number of morpholine rings is 1. The number of hydrogen-bond acceptors (Lipinski definition) is 5. The van der Waals surface area contributed by atoms with E-state index in [1.165, 1.54) is 28.7 Å². The average molecular weight is 333 g/mol. The number of rotatable bonds is 3. The van der Waals surface area contributed by atoms with Crippen LogP contribution in [0.2, 0.25) is 0 Å². The van der Waals surface area contributed by atoms with E-state index in [0.717, 1.165) is 18.2 Å². The van der Waals surface area contributed by atoms with E-state index in [1.54, 1.807) is 11.3 Å². The highest BCUT2D eigenvalue weighted by molar-refractivity contribution is 9.11. The molecule has 0 spiro atoms. The van der Waals surface area contributed by atoms with Gasteiger partial charge in [0.2, 0.25) is 0 Å². The first-order valence-corrected chi connectivity index (χ1v) is 8.02. The molecule has 2 fully saturated rings. The van der Waals surface area contributed by atoms with Crippen molar-refractivity contribution in [3.05, 3.63) is 9.48 Å². The van der Waals surface area contributed by atoms with Crippen molar-refractivity contribution in [3.8, 4) is 0 Å². The van der Waals surface area contributed by atoms with Crippen molar-refractivity contribution < 1.29 is 9.84 Å². The first-order valence-electron chi connectivity index (χ1n) is 6.41. The standard InChI is InChI=1S/C12H17BrN2O2S/c13-11-10(8-2-1-3-8)14-12(18-11)15-4-5-17-9(6-15)7-16/h8-9,16H,1-7H2. The van der Waals surface area contributed by atoms with Crippen molar-refractivity contribution in [1.29, 1.82) is 0 Å². The summed E-state index contributed by atoms with van der Waals surface area (Å²) in [5, 5.41) is 10.2. The van der Waals surface area contributed by atoms with Gasteiger partial charge in [-0.25, -0.2) is 4.98 Å². The van der Waals surface area contributed by atoms with E-state index in [1.807, 2.05) is 0 Å². The van der Waals surface area contributed by atoms with Crippen molar-refractivity contribution in [3.63, 3.8) is 0 Å². The number of aliphatic hydroxyl groups excluding tert-OH is 1. The Morgan fingerprint density at radius 2 is 2.33 bits per heavy atom. The van der Waals surface area contributed by atoms with Gasteiger partial charge in [0.15, 0.2) is 5.13 Å². The molecule has 6 heteroatoms. The number of ether oxygens (including phenoxy) is 1. The Morgan fingerprint density at radius 1 is 1.50 bits per heavy atom. The van der Waals surface area contributed by atoms with Crippen LogP contribution in [-0.2, 0) is 4.74 Å². The molecule has 1 aliphatic heterocycles. The number of thiazole rings is 1. The summed E-state index contributed by atoms with van der Waals surface area (Å²) in [5.41, 5.74) is 1.23. The molecule has 1 saturated carbocycles. The largest absolute Gasteiger partial charge is 0.394 e. The number of halogens is 1. The van der Waals surface area contributed by atoms with Crippen molar-refractivity contribution in [1.82, 2.24) is 4.98 Å². The molecular formula is C12H17BrN2O2S. The van der Waals surface area contributed by atoms with Gasteiger partial charge in [0.25, 0.3) is 0 Å². The predicted octanol–water partition coefficient (Wildman–Crippen LogP) is 2.37. The zero-order valence-corrected chi connectivity index (χ0v) is 12.5. The van der Waals surface area contributed by atoms with Crippen LogP contribution in [0.4, 0.5) is 5.13 Å². The molecule has 1 aromatic rings. The van der Waals surface area contributed by atoms with Crippen molar-refractivity contribution in [2.24, 2.45) is 0 Å². The minimum absolute atomic E-state index is 0.0754. The molecule has 1 aliphatic carbocycles. The van der Waals surface area contributed by atoms with Gasteiger partial charge in [-0.2, -0.15) is 0 Å². The third-order valence-electron chi connectivity index (χ3n) is 3.70. The molecule has 1 N–H and O–H groups in total. The van der Waals surface area contributed by atoms with Crippen molar-refractivity contribution in [2.45, 2.75) is 31.3 Å². The SMILES string of the molecule is OCC1CN(c2nc(C3CCC3)c(Br)s2)CCO1. The maximum atomic E-state index is 9.17. The van der Waals surface area contributed by atoms with Gasteiger partial charge in [0, 0.05) is 19.0 Å². The predicted molar refractivity (Wildman–Crippen MR) is 75.4 cm³/mol. The van der Waals surface area contributed by atoms with E-state index in [0.29, 0.717) is 12.5 Å². The maximum Gasteiger partial charge on any atom is 0.186 e. The van der Waals surface area contributed by atoms with Gasteiger partial charge >= 0.3 is 0 Å². The summed E-state index contributed by atoms with van der Waals surface area (Å²) in [6, 6.07) is 0. The molecule has 0 aromatic carbocycles. The third kappa shape index (κ3) is 2.43. The number of aromatic nitrogens is 1. The van der Waals surface area contributed by atoms with Gasteiger partial charge in [-0.05, 0) is 28.8 Å². The molecule has 0 amide bonds. The monoisotopic (exact) mass is 332 g/mol. The van der Waals surface area contributed by atoms with Crippen molar-refractivity contribution in [2.75, 3.05) is 31.2 Å². The van der Waals surface area contributed by atoms with Crippen LogP contribution in [0.5, 0.6) is 0 Å². The number of aliphatic hydroxyl groups is 1. The van der Waals surface area contributed by atoms with Crippen LogP contribution in [-0.4, -0.2) is 42.5 Å². The second-order valence-electron chi connectivity index (χ2n) is 4.90. The molecule has 100 valence electrons. The Hall–Kier alpha value is -0.170. The lowest BCUT2D eigenvalue weighted by atomic mass is 9.83. The summed E-state index contributed by atoms with van der Waals surface area (Å²) in [6.07, 6.45) is 3.79. The fourth-order valence-corrected chi connectivity index (χ4v) is 4.14. The van der Waals surface area contributed by atoms with E-state index in [-0.39, 0.29) is 12.7 Å². The third-order valence-corrected chi connectivity index (χ3v) is 5.52. The second kappa shape index (κ2) is 5.45. The van der Waals surface area contributed by atoms with Crippen molar-refractivity contribution >= 4 is 32.4 Å². The molecule has 18 heavy (non-hydrogen) atoms. The number of hydrogen-bond donors (Lipinski definition) is 1. The molecule has 3 rings (SSSR count). The van der Waals surface area contributed by atoms with Gasteiger partial charge in [-0.1, -0.05) is 17.8 Å². The Morgan fingerprint density at radius 3 is 3.00 bits per heavy atom. The summed E-state index contributed by atoms with van der Waals surface area (Å²) < 4.78 is 6.64. The first kappa shape index (κ1) is 12.8. The Bertz CT molecular complexity index is 422. The summed E-state index contributed by atoms with van der Waals surface area (Å²) in [7, 11) is 0. The fraction of sp³-hybridized carbons (Fsp3) is 0.750. The fourth-order valence-electron chi connectivity index (χ4n) is 2.37. The molecule has 0 radical (unpaired) electrons. The molecular weight excluding hydrogens is 316 g/mol. The van der Waals surface area contributed by atoms with E-state index < -0.39 is 0 Å². The van der Waals surface area contributed by atoms with Gasteiger partial charge in [-0.15, -0.1) is 0 Å². The summed E-state index contributed by atoms with van der Waals surface area (Å²) >= 11 is 5.35. The van der Waals surface area contributed by atoms with Crippen LogP contribution in [0.3, 0.4) is 0 Å². The highest BCUT2D eigenvalue weighted by Gasteiger charge is 2.28. The zero-order chi connectivity index (χ0) is 12.5. The Balaban J connectivity index is 1.75. The lowest BCUT2D eigenvalue weighted by Crippen LogP contribution is -2.44. The summed E-state index contributed by atoms with van der Waals surface area (Å²) in [4.78, 5) is 7.01.